The highest BCUT2D eigenvalue weighted by Crippen LogP contribution is 2.27. The number of halogens is 1. The first-order chi connectivity index (χ1) is 12.3. The van der Waals surface area contributed by atoms with Crippen LogP contribution in [-0.4, -0.2) is 23.0 Å². The van der Waals surface area contributed by atoms with Crippen molar-refractivity contribution in [3.05, 3.63) is 63.1 Å². The van der Waals surface area contributed by atoms with Crippen LogP contribution in [0, 0.1) is 13.8 Å². The number of phenols is 1. The van der Waals surface area contributed by atoms with Crippen molar-refractivity contribution in [2.24, 2.45) is 0 Å². The summed E-state index contributed by atoms with van der Waals surface area (Å²) in [7, 11) is 0. The normalized spacial score (nSPS) is 16.2. The van der Waals surface area contributed by atoms with E-state index in [4.69, 9.17) is 0 Å². The van der Waals surface area contributed by atoms with E-state index in [2.05, 4.69) is 21.2 Å². The molecule has 7 heteroatoms. The molecule has 0 unspecified atom stereocenters. The van der Waals surface area contributed by atoms with Crippen molar-refractivity contribution >= 4 is 45.5 Å². The van der Waals surface area contributed by atoms with E-state index in [1.807, 2.05) is 13.8 Å². The van der Waals surface area contributed by atoms with Gasteiger partial charge in [0.1, 0.15) is 11.3 Å². The van der Waals surface area contributed by atoms with Gasteiger partial charge >= 0.3 is 6.03 Å². The lowest BCUT2D eigenvalue weighted by atomic mass is 10.0. The van der Waals surface area contributed by atoms with Gasteiger partial charge in [-0.1, -0.05) is 22.0 Å². The molecule has 2 aromatic carbocycles. The number of phenolic OH excluding ortho intramolecular Hbond substituents is 1. The average molecular weight is 415 g/mol. The first-order valence-corrected chi connectivity index (χ1v) is 8.54. The number of aryl methyl sites for hydroxylation is 2. The third kappa shape index (κ3) is 3.25. The number of carbonyl (C=O) groups is 3. The molecular weight excluding hydrogens is 400 g/mol. The van der Waals surface area contributed by atoms with Gasteiger partial charge in [-0.25, -0.2) is 9.69 Å². The SMILES string of the molecule is Cc1ccc(N2C(=O)NC(=O)/C(=C\c3cc(Br)ccc3O)C2=O)cc1C. The molecule has 1 aliphatic rings. The summed E-state index contributed by atoms with van der Waals surface area (Å²) in [5, 5.41) is 12.1. The van der Waals surface area contributed by atoms with Crippen LogP contribution in [0.5, 0.6) is 5.75 Å². The Morgan fingerprint density at radius 3 is 2.46 bits per heavy atom. The fourth-order valence-electron chi connectivity index (χ4n) is 2.55. The number of hydrogen-bond donors (Lipinski definition) is 2. The average Bonchev–Trinajstić information content (AvgIpc) is 2.57. The number of nitrogens with one attached hydrogen (secondary N) is 1. The van der Waals surface area contributed by atoms with Gasteiger partial charge in [-0.05, 0) is 61.4 Å². The van der Waals surface area contributed by atoms with Crippen LogP contribution in [0.1, 0.15) is 16.7 Å². The van der Waals surface area contributed by atoms with Crippen LogP contribution in [-0.2, 0) is 9.59 Å². The Bertz CT molecular complexity index is 981. The van der Waals surface area contributed by atoms with Gasteiger partial charge in [-0.3, -0.25) is 14.9 Å². The predicted molar refractivity (Wildman–Crippen MR) is 101 cm³/mol. The second-order valence-electron chi connectivity index (χ2n) is 5.93. The van der Waals surface area contributed by atoms with Crippen LogP contribution >= 0.6 is 15.9 Å². The molecule has 0 aromatic heterocycles. The maximum atomic E-state index is 12.8. The molecule has 2 N–H and O–H groups in total. The van der Waals surface area contributed by atoms with Crippen molar-refractivity contribution in [1.82, 2.24) is 5.32 Å². The summed E-state index contributed by atoms with van der Waals surface area (Å²) >= 11 is 3.27. The molecule has 0 bridgehead atoms. The third-order valence-corrected chi connectivity index (χ3v) is 4.63. The van der Waals surface area contributed by atoms with Crippen LogP contribution < -0.4 is 10.2 Å². The number of benzene rings is 2. The van der Waals surface area contributed by atoms with Crippen molar-refractivity contribution in [1.29, 1.82) is 0 Å². The Balaban J connectivity index is 2.07. The van der Waals surface area contributed by atoms with Crippen molar-refractivity contribution < 1.29 is 19.5 Å². The molecule has 2 aromatic rings. The second kappa shape index (κ2) is 6.76. The topological polar surface area (TPSA) is 86.7 Å². The van der Waals surface area contributed by atoms with E-state index >= 15 is 0 Å². The molecule has 1 saturated heterocycles. The van der Waals surface area contributed by atoms with Gasteiger partial charge in [0.15, 0.2) is 0 Å². The molecule has 26 heavy (non-hydrogen) atoms. The smallest absolute Gasteiger partial charge is 0.335 e. The Labute approximate surface area is 158 Å². The molecule has 0 aliphatic carbocycles. The predicted octanol–water partition coefficient (Wildman–Crippen LogP) is 3.44. The largest absolute Gasteiger partial charge is 0.507 e. The number of rotatable bonds is 2. The lowest BCUT2D eigenvalue weighted by molar-refractivity contribution is -0.122. The number of imide groups is 2. The number of hydrogen-bond acceptors (Lipinski definition) is 4. The summed E-state index contributed by atoms with van der Waals surface area (Å²) in [6, 6.07) is 8.98. The van der Waals surface area contributed by atoms with Crippen LogP contribution in [0.15, 0.2) is 46.4 Å². The molecule has 0 spiro atoms. The van der Waals surface area contributed by atoms with E-state index in [0.29, 0.717) is 10.2 Å². The molecular formula is C19H15BrN2O4. The van der Waals surface area contributed by atoms with Gasteiger partial charge in [-0.15, -0.1) is 0 Å². The molecule has 4 amide bonds. The highest BCUT2D eigenvalue weighted by atomic mass is 79.9. The van der Waals surface area contributed by atoms with Gasteiger partial charge < -0.3 is 5.11 Å². The van der Waals surface area contributed by atoms with Crippen molar-refractivity contribution in [3.63, 3.8) is 0 Å². The zero-order chi connectivity index (χ0) is 19.0. The standard InChI is InChI=1S/C19H15BrN2O4/c1-10-3-5-14(7-11(10)2)22-18(25)15(17(24)21-19(22)26)9-12-8-13(20)4-6-16(12)23/h3-9,23H,1-2H3,(H,21,24,26)/b15-9+. The quantitative estimate of drug-likeness (QED) is 0.581. The zero-order valence-electron chi connectivity index (χ0n) is 14.0. The molecule has 6 nitrogen and oxygen atoms in total. The first kappa shape index (κ1) is 17.9. The zero-order valence-corrected chi connectivity index (χ0v) is 15.6. The number of barbiturate groups is 1. The highest BCUT2D eigenvalue weighted by molar-refractivity contribution is 9.10. The van der Waals surface area contributed by atoms with E-state index in [9.17, 15) is 19.5 Å². The van der Waals surface area contributed by atoms with Gasteiger partial charge in [0.05, 0.1) is 5.69 Å². The Morgan fingerprint density at radius 2 is 1.77 bits per heavy atom. The summed E-state index contributed by atoms with van der Waals surface area (Å²) in [6.45, 7) is 3.79. The summed E-state index contributed by atoms with van der Waals surface area (Å²) in [5.41, 5.74) is 2.34. The summed E-state index contributed by atoms with van der Waals surface area (Å²) < 4.78 is 0.674. The Kier molecular flexibility index (Phi) is 4.65. The van der Waals surface area contributed by atoms with E-state index in [-0.39, 0.29) is 16.9 Å². The Hall–Kier alpha value is -2.93. The number of nitrogens with zero attached hydrogens (tertiary/aromatic N) is 1. The molecule has 3 rings (SSSR count). The van der Waals surface area contributed by atoms with Crippen molar-refractivity contribution in [3.8, 4) is 5.75 Å². The van der Waals surface area contributed by atoms with E-state index < -0.39 is 17.8 Å². The van der Waals surface area contributed by atoms with Crippen molar-refractivity contribution in [2.75, 3.05) is 4.90 Å². The number of carbonyl (C=O) groups excluding carboxylic acids is 3. The van der Waals surface area contributed by atoms with Gasteiger partial charge in [-0.2, -0.15) is 0 Å². The van der Waals surface area contributed by atoms with Crippen LogP contribution in [0.4, 0.5) is 10.5 Å². The highest BCUT2D eigenvalue weighted by Gasteiger charge is 2.37. The number of aromatic hydroxyl groups is 1. The van der Waals surface area contributed by atoms with Gasteiger partial charge in [0.2, 0.25) is 0 Å². The van der Waals surface area contributed by atoms with E-state index in [1.54, 1.807) is 30.3 Å². The fourth-order valence-corrected chi connectivity index (χ4v) is 2.93. The second-order valence-corrected chi connectivity index (χ2v) is 6.85. The third-order valence-electron chi connectivity index (χ3n) is 4.14. The minimum atomic E-state index is -0.807. The van der Waals surface area contributed by atoms with Crippen LogP contribution in [0.25, 0.3) is 6.08 Å². The van der Waals surface area contributed by atoms with Crippen LogP contribution in [0.2, 0.25) is 0 Å². The Morgan fingerprint density at radius 1 is 1.04 bits per heavy atom. The molecule has 1 fully saturated rings. The summed E-state index contributed by atoms with van der Waals surface area (Å²) in [4.78, 5) is 38.1. The molecule has 0 saturated carbocycles. The maximum Gasteiger partial charge on any atom is 0.335 e. The summed E-state index contributed by atoms with van der Waals surface area (Å²) in [6.07, 6.45) is 1.26. The molecule has 1 heterocycles. The lowest BCUT2D eigenvalue weighted by Gasteiger charge is -2.26. The number of urea groups is 1. The number of amides is 4. The molecule has 132 valence electrons. The van der Waals surface area contributed by atoms with Crippen molar-refractivity contribution in [2.45, 2.75) is 13.8 Å². The van der Waals surface area contributed by atoms with Gasteiger partial charge in [0, 0.05) is 10.0 Å². The lowest BCUT2D eigenvalue weighted by Crippen LogP contribution is -2.54. The maximum absolute atomic E-state index is 12.8. The fraction of sp³-hybridized carbons (Fsp3) is 0.105. The molecule has 0 atom stereocenters. The molecule has 0 radical (unpaired) electrons. The van der Waals surface area contributed by atoms with Gasteiger partial charge in [0.25, 0.3) is 11.8 Å². The van der Waals surface area contributed by atoms with E-state index in [0.717, 1.165) is 16.0 Å². The number of anilines is 1. The monoisotopic (exact) mass is 414 g/mol. The molecule has 1 aliphatic heterocycles. The van der Waals surface area contributed by atoms with E-state index in [1.165, 1.54) is 12.1 Å². The first-order valence-electron chi connectivity index (χ1n) is 7.75. The van der Waals surface area contributed by atoms with Crippen LogP contribution in [0.3, 0.4) is 0 Å². The minimum absolute atomic E-state index is 0.0871. The minimum Gasteiger partial charge on any atom is -0.507 e. The summed E-state index contributed by atoms with van der Waals surface area (Å²) in [5.74, 6) is -1.64.